The standard InChI is InChI=1S/C15H25NO4S/c17-15(18)14-8-7-11-4-1-2-6-13(11)16(14)12-5-3-9-21(19,20)10-12/h11-14H,1-10H2,(H,17,18). The Kier molecular flexibility index (Phi) is 4.28. The van der Waals surface area contributed by atoms with Crippen molar-refractivity contribution < 1.29 is 18.3 Å². The molecule has 6 heteroatoms. The van der Waals surface area contributed by atoms with Gasteiger partial charge in [-0.05, 0) is 44.4 Å². The van der Waals surface area contributed by atoms with E-state index in [1.165, 1.54) is 12.8 Å². The Balaban J connectivity index is 1.86. The third-order valence-electron chi connectivity index (χ3n) is 5.57. The van der Waals surface area contributed by atoms with Crippen LogP contribution in [0, 0.1) is 5.92 Å². The van der Waals surface area contributed by atoms with Crippen LogP contribution in [0.1, 0.15) is 51.4 Å². The molecule has 3 fully saturated rings. The van der Waals surface area contributed by atoms with Gasteiger partial charge in [-0.25, -0.2) is 8.42 Å². The number of carboxylic acids is 1. The molecule has 0 aromatic rings. The highest BCUT2D eigenvalue weighted by molar-refractivity contribution is 7.91. The van der Waals surface area contributed by atoms with Gasteiger partial charge in [-0.15, -0.1) is 0 Å². The van der Waals surface area contributed by atoms with Crippen LogP contribution < -0.4 is 0 Å². The number of hydrogen-bond acceptors (Lipinski definition) is 4. The summed E-state index contributed by atoms with van der Waals surface area (Å²) in [5.41, 5.74) is 0. The van der Waals surface area contributed by atoms with Gasteiger partial charge in [0.1, 0.15) is 6.04 Å². The summed E-state index contributed by atoms with van der Waals surface area (Å²) in [5.74, 6) is 0.212. The Labute approximate surface area is 126 Å². The molecule has 1 aliphatic carbocycles. The minimum absolute atomic E-state index is 0.0873. The molecule has 0 aromatic heterocycles. The molecular formula is C15H25NO4S. The van der Waals surface area contributed by atoms with E-state index in [-0.39, 0.29) is 23.6 Å². The maximum absolute atomic E-state index is 12.0. The highest BCUT2D eigenvalue weighted by atomic mass is 32.2. The van der Waals surface area contributed by atoms with Crippen molar-refractivity contribution in [3.63, 3.8) is 0 Å². The highest BCUT2D eigenvalue weighted by Crippen LogP contribution is 2.40. The van der Waals surface area contributed by atoms with Crippen LogP contribution in [0.2, 0.25) is 0 Å². The number of likely N-dealkylation sites (tertiary alicyclic amines) is 1. The van der Waals surface area contributed by atoms with E-state index in [1.54, 1.807) is 0 Å². The molecule has 4 unspecified atom stereocenters. The lowest BCUT2D eigenvalue weighted by Crippen LogP contribution is -2.61. The van der Waals surface area contributed by atoms with Crippen LogP contribution >= 0.6 is 0 Å². The van der Waals surface area contributed by atoms with Gasteiger partial charge in [0.05, 0.1) is 11.5 Å². The minimum atomic E-state index is -3.00. The summed E-state index contributed by atoms with van der Waals surface area (Å²) in [6.07, 6.45) is 7.74. The SMILES string of the molecule is O=C(O)C1CCC2CCCCC2N1C1CCCS(=O)(=O)C1. The number of fused-ring (bicyclic) bond motifs is 1. The van der Waals surface area contributed by atoms with Gasteiger partial charge < -0.3 is 5.11 Å². The van der Waals surface area contributed by atoms with E-state index in [1.807, 2.05) is 0 Å². The number of carboxylic acid groups (broad SMARTS) is 1. The molecule has 2 aliphatic heterocycles. The largest absolute Gasteiger partial charge is 0.480 e. The van der Waals surface area contributed by atoms with E-state index in [0.29, 0.717) is 18.8 Å². The Morgan fingerprint density at radius 2 is 1.76 bits per heavy atom. The van der Waals surface area contributed by atoms with Crippen LogP contribution in [0.3, 0.4) is 0 Å². The average molecular weight is 315 g/mol. The van der Waals surface area contributed by atoms with E-state index in [0.717, 1.165) is 25.7 Å². The molecule has 3 rings (SSSR count). The molecule has 1 N–H and O–H groups in total. The van der Waals surface area contributed by atoms with Gasteiger partial charge in [0, 0.05) is 12.1 Å². The average Bonchev–Trinajstić information content (AvgIpc) is 2.44. The fourth-order valence-corrected chi connectivity index (χ4v) is 6.38. The summed E-state index contributed by atoms with van der Waals surface area (Å²) in [6.45, 7) is 0. The van der Waals surface area contributed by atoms with Crippen molar-refractivity contribution in [2.75, 3.05) is 11.5 Å². The van der Waals surface area contributed by atoms with Crippen LogP contribution in [-0.2, 0) is 14.6 Å². The third kappa shape index (κ3) is 3.11. The van der Waals surface area contributed by atoms with Gasteiger partial charge in [-0.1, -0.05) is 12.8 Å². The summed E-state index contributed by atoms with van der Waals surface area (Å²) in [5, 5.41) is 9.57. The Hall–Kier alpha value is -0.620. The second-order valence-corrected chi connectivity index (χ2v) is 9.13. The zero-order chi connectivity index (χ0) is 15.0. The Bertz CT molecular complexity index is 504. The summed E-state index contributed by atoms with van der Waals surface area (Å²) >= 11 is 0. The first-order valence-electron chi connectivity index (χ1n) is 8.18. The number of hydrogen-bond donors (Lipinski definition) is 1. The molecule has 0 radical (unpaired) electrons. The molecule has 3 aliphatic rings. The minimum Gasteiger partial charge on any atom is -0.480 e. The molecule has 0 bridgehead atoms. The zero-order valence-electron chi connectivity index (χ0n) is 12.4. The summed E-state index contributed by atoms with van der Waals surface area (Å²) < 4.78 is 23.9. The molecule has 0 amide bonds. The lowest BCUT2D eigenvalue weighted by atomic mass is 9.75. The first-order chi connectivity index (χ1) is 9.98. The number of piperidine rings is 1. The van der Waals surface area contributed by atoms with Gasteiger partial charge >= 0.3 is 5.97 Å². The number of aliphatic carboxylic acids is 1. The van der Waals surface area contributed by atoms with Crippen molar-refractivity contribution in [2.24, 2.45) is 5.92 Å². The molecular weight excluding hydrogens is 290 g/mol. The van der Waals surface area contributed by atoms with Gasteiger partial charge in [0.15, 0.2) is 9.84 Å². The van der Waals surface area contributed by atoms with Crippen molar-refractivity contribution >= 4 is 15.8 Å². The fourth-order valence-electron chi connectivity index (χ4n) is 4.68. The zero-order valence-corrected chi connectivity index (χ0v) is 13.2. The first-order valence-corrected chi connectivity index (χ1v) is 10.0. The Morgan fingerprint density at radius 1 is 1.00 bits per heavy atom. The molecule has 120 valence electrons. The van der Waals surface area contributed by atoms with Gasteiger partial charge in [0.2, 0.25) is 0 Å². The predicted octanol–water partition coefficient (Wildman–Crippen LogP) is 1.67. The molecule has 2 saturated heterocycles. The van der Waals surface area contributed by atoms with Gasteiger partial charge in [-0.2, -0.15) is 0 Å². The van der Waals surface area contributed by atoms with Crippen LogP contribution in [0.4, 0.5) is 0 Å². The second kappa shape index (κ2) is 5.88. The van der Waals surface area contributed by atoms with E-state index in [2.05, 4.69) is 4.90 Å². The van der Waals surface area contributed by atoms with E-state index >= 15 is 0 Å². The number of sulfone groups is 1. The smallest absolute Gasteiger partial charge is 0.320 e. The van der Waals surface area contributed by atoms with E-state index < -0.39 is 21.8 Å². The summed E-state index contributed by atoms with van der Waals surface area (Å²) in [6, 6.07) is -0.287. The number of carbonyl (C=O) groups is 1. The molecule has 0 aromatic carbocycles. The van der Waals surface area contributed by atoms with E-state index in [9.17, 15) is 18.3 Å². The first kappa shape index (κ1) is 15.3. The number of rotatable bonds is 2. The second-order valence-electron chi connectivity index (χ2n) is 6.90. The highest BCUT2D eigenvalue weighted by Gasteiger charge is 2.45. The van der Waals surface area contributed by atoms with Crippen LogP contribution in [0.15, 0.2) is 0 Å². The molecule has 2 heterocycles. The number of nitrogens with zero attached hydrogens (tertiary/aromatic N) is 1. The summed E-state index contributed by atoms with van der Waals surface area (Å²) in [4.78, 5) is 13.8. The van der Waals surface area contributed by atoms with Crippen molar-refractivity contribution in [1.29, 1.82) is 0 Å². The van der Waals surface area contributed by atoms with Gasteiger partial charge in [-0.3, -0.25) is 9.69 Å². The van der Waals surface area contributed by atoms with Crippen molar-refractivity contribution in [1.82, 2.24) is 4.90 Å². The van der Waals surface area contributed by atoms with Crippen molar-refractivity contribution in [3.05, 3.63) is 0 Å². The maximum atomic E-state index is 12.0. The lowest BCUT2D eigenvalue weighted by molar-refractivity contribution is -0.150. The maximum Gasteiger partial charge on any atom is 0.320 e. The predicted molar refractivity (Wildman–Crippen MR) is 79.9 cm³/mol. The quantitative estimate of drug-likeness (QED) is 0.839. The Morgan fingerprint density at radius 3 is 2.48 bits per heavy atom. The summed E-state index contributed by atoms with van der Waals surface area (Å²) in [7, 11) is -3.00. The molecule has 21 heavy (non-hydrogen) atoms. The molecule has 1 saturated carbocycles. The topological polar surface area (TPSA) is 74.7 Å². The third-order valence-corrected chi connectivity index (χ3v) is 7.37. The molecule has 5 nitrogen and oxygen atoms in total. The van der Waals surface area contributed by atoms with Crippen molar-refractivity contribution in [2.45, 2.75) is 69.5 Å². The van der Waals surface area contributed by atoms with Crippen LogP contribution in [0.5, 0.6) is 0 Å². The monoisotopic (exact) mass is 315 g/mol. The van der Waals surface area contributed by atoms with Crippen molar-refractivity contribution in [3.8, 4) is 0 Å². The van der Waals surface area contributed by atoms with Crippen LogP contribution in [0.25, 0.3) is 0 Å². The van der Waals surface area contributed by atoms with Crippen LogP contribution in [-0.4, -0.2) is 54.0 Å². The van der Waals surface area contributed by atoms with E-state index in [4.69, 9.17) is 0 Å². The molecule has 0 spiro atoms. The normalized spacial score (nSPS) is 40.4. The lowest BCUT2D eigenvalue weighted by Gasteiger charge is -2.51. The molecule has 4 atom stereocenters. The fraction of sp³-hybridized carbons (Fsp3) is 0.933. The van der Waals surface area contributed by atoms with Gasteiger partial charge in [0.25, 0.3) is 0 Å².